The third-order valence-electron chi connectivity index (χ3n) is 5.04. The third-order valence-corrected chi connectivity index (χ3v) is 5.28. The van der Waals surface area contributed by atoms with Crippen molar-refractivity contribution in [3.63, 3.8) is 0 Å². The molecule has 0 unspecified atom stereocenters. The zero-order chi connectivity index (χ0) is 17.4. The van der Waals surface area contributed by atoms with Crippen molar-refractivity contribution in [2.75, 3.05) is 5.32 Å². The fraction of sp³-hybridized carbons (Fsp3) is 0.263. The lowest BCUT2D eigenvalue weighted by molar-refractivity contribution is -0.121. The van der Waals surface area contributed by atoms with E-state index >= 15 is 0 Å². The lowest BCUT2D eigenvalue weighted by Crippen LogP contribution is -2.38. The second kappa shape index (κ2) is 6.08. The number of H-pyrrole nitrogens is 2. The van der Waals surface area contributed by atoms with Gasteiger partial charge >= 0.3 is 5.69 Å². The molecule has 0 spiro atoms. The van der Waals surface area contributed by atoms with Gasteiger partial charge in [-0.1, -0.05) is 36.6 Å². The molecular formula is C19H18ClN3O2. The molecule has 0 radical (unpaired) electrons. The first-order valence-corrected chi connectivity index (χ1v) is 8.74. The minimum absolute atomic E-state index is 0.0236. The van der Waals surface area contributed by atoms with E-state index in [4.69, 9.17) is 11.6 Å². The number of nitrogens with one attached hydrogen (secondary N) is 3. The molecule has 2 aromatic carbocycles. The Kier molecular flexibility index (Phi) is 3.88. The van der Waals surface area contributed by atoms with E-state index in [-0.39, 0.29) is 11.6 Å². The van der Waals surface area contributed by atoms with Crippen molar-refractivity contribution in [3.05, 3.63) is 63.5 Å². The highest BCUT2D eigenvalue weighted by atomic mass is 35.5. The van der Waals surface area contributed by atoms with E-state index in [1.54, 1.807) is 18.2 Å². The number of rotatable bonds is 3. The zero-order valence-electron chi connectivity index (χ0n) is 13.6. The predicted octanol–water partition coefficient (Wildman–Crippen LogP) is 3.96. The lowest BCUT2D eigenvalue weighted by atomic mass is 9.78. The molecule has 1 heterocycles. The zero-order valence-corrected chi connectivity index (χ0v) is 14.3. The number of aromatic nitrogens is 2. The number of imidazole rings is 1. The van der Waals surface area contributed by atoms with Crippen LogP contribution in [0.1, 0.15) is 31.2 Å². The third kappa shape index (κ3) is 2.85. The van der Waals surface area contributed by atoms with Gasteiger partial charge in [0, 0.05) is 10.7 Å². The average Bonchev–Trinajstić information content (AvgIpc) is 3.21. The molecule has 0 atom stereocenters. The molecule has 0 saturated heterocycles. The number of hydrogen-bond acceptors (Lipinski definition) is 2. The molecule has 1 amide bonds. The van der Waals surface area contributed by atoms with Crippen molar-refractivity contribution in [1.29, 1.82) is 0 Å². The van der Waals surface area contributed by atoms with Crippen LogP contribution in [0.2, 0.25) is 5.02 Å². The van der Waals surface area contributed by atoms with Crippen molar-refractivity contribution in [3.8, 4) is 0 Å². The molecule has 6 heteroatoms. The van der Waals surface area contributed by atoms with Gasteiger partial charge in [0.1, 0.15) is 0 Å². The number of amides is 1. The quantitative estimate of drug-likeness (QED) is 0.665. The number of aromatic amines is 2. The monoisotopic (exact) mass is 355 g/mol. The molecule has 3 aromatic rings. The van der Waals surface area contributed by atoms with Gasteiger partial charge in [-0.05, 0) is 48.7 Å². The maximum absolute atomic E-state index is 13.2. The van der Waals surface area contributed by atoms with Crippen molar-refractivity contribution in [2.24, 2.45) is 0 Å². The fourth-order valence-corrected chi connectivity index (χ4v) is 3.96. The van der Waals surface area contributed by atoms with Crippen LogP contribution in [0.25, 0.3) is 11.0 Å². The van der Waals surface area contributed by atoms with Crippen molar-refractivity contribution in [1.82, 2.24) is 9.97 Å². The molecule has 1 saturated carbocycles. The average molecular weight is 356 g/mol. The summed E-state index contributed by atoms with van der Waals surface area (Å²) in [7, 11) is 0. The van der Waals surface area contributed by atoms with E-state index in [1.165, 1.54) is 0 Å². The molecule has 0 aliphatic heterocycles. The molecule has 4 rings (SSSR count). The van der Waals surface area contributed by atoms with Gasteiger partial charge in [-0.3, -0.25) is 4.79 Å². The molecule has 1 aromatic heterocycles. The van der Waals surface area contributed by atoms with Gasteiger partial charge in [-0.15, -0.1) is 0 Å². The van der Waals surface area contributed by atoms with Gasteiger partial charge in [0.15, 0.2) is 0 Å². The van der Waals surface area contributed by atoms with E-state index in [2.05, 4.69) is 15.3 Å². The van der Waals surface area contributed by atoms with E-state index in [1.807, 2.05) is 24.3 Å². The summed E-state index contributed by atoms with van der Waals surface area (Å²) < 4.78 is 0. The van der Waals surface area contributed by atoms with E-state index < -0.39 is 5.41 Å². The highest BCUT2D eigenvalue weighted by molar-refractivity contribution is 6.30. The number of fused-ring (bicyclic) bond motifs is 1. The molecular weight excluding hydrogens is 338 g/mol. The number of hydrogen-bond donors (Lipinski definition) is 3. The van der Waals surface area contributed by atoms with E-state index in [0.29, 0.717) is 21.7 Å². The summed E-state index contributed by atoms with van der Waals surface area (Å²) >= 11 is 6.15. The Morgan fingerprint density at radius 2 is 1.80 bits per heavy atom. The van der Waals surface area contributed by atoms with Crippen LogP contribution in [-0.2, 0) is 10.2 Å². The Hall–Kier alpha value is -2.53. The van der Waals surface area contributed by atoms with Crippen LogP contribution < -0.4 is 11.0 Å². The normalized spacial score (nSPS) is 16.2. The number of carbonyl (C=O) groups excluding carboxylic acids is 1. The second-order valence-electron chi connectivity index (χ2n) is 6.59. The van der Waals surface area contributed by atoms with Crippen molar-refractivity contribution >= 4 is 34.2 Å². The molecule has 3 N–H and O–H groups in total. The van der Waals surface area contributed by atoms with Gasteiger partial charge in [-0.25, -0.2) is 4.79 Å². The number of halogens is 1. The van der Waals surface area contributed by atoms with Crippen LogP contribution >= 0.6 is 11.6 Å². The van der Waals surface area contributed by atoms with Crippen LogP contribution in [0.4, 0.5) is 5.69 Å². The number of benzene rings is 2. The summed E-state index contributed by atoms with van der Waals surface area (Å²) in [4.78, 5) is 29.9. The van der Waals surface area contributed by atoms with Gasteiger partial charge in [0.2, 0.25) is 5.91 Å². The first-order chi connectivity index (χ1) is 12.1. The molecule has 1 fully saturated rings. The Bertz CT molecular complexity index is 999. The van der Waals surface area contributed by atoms with Gasteiger partial charge in [-0.2, -0.15) is 0 Å². The largest absolute Gasteiger partial charge is 0.325 e. The Balaban J connectivity index is 1.67. The number of anilines is 1. The first-order valence-electron chi connectivity index (χ1n) is 8.36. The SMILES string of the molecule is O=C(Nc1ccc2[nH]c(=O)[nH]c2c1)C1(c2cccc(Cl)c2)CCCC1. The molecule has 128 valence electrons. The summed E-state index contributed by atoms with van der Waals surface area (Å²) in [6, 6.07) is 12.9. The maximum Gasteiger partial charge on any atom is 0.323 e. The van der Waals surface area contributed by atoms with E-state index in [0.717, 1.165) is 31.2 Å². The Morgan fingerprint density at radius 1 is 1.04 bits per heavy atom. The molecule has 0 bridgehead atoms. The maximum atomic E-state index is 13.2. The van der Waals surface area contributed by atoms with Crippen LogP contribution in [-0.4, -0.2) is 15.9 Å². The summed E-state index contributed by atoms with van der Waals surface area (Å²) in [5, 5.41) is 3.67. The summed E-state index contributed by atoms with van der Waals surface area (Å²) in [6.45, 7) is 0. The predicted molar refractivity (Wildman–Crippen MR) is 99.1 cm³/mol. The number of carbonyl (C=O) groups is 1. The highest BCUT2D eigenvalue weighted by Gasteiger charge is 2.42. The van der Waals surface area contributed by atoms with Gasteiger partial charge < -0.3 is 15.3 Å². The molecule has 1 aliphatic rings. The highest BCUT2D eigenvalue weighted by Crippen LogP contribution is 2.42. The first kappa shape index (κ1) is 16.0. The molecule has 25 heavy (non-hydrogen) atoms. The minimum Gasteiger partial charge on any atom is -0.325 e. The Labute approximate surface area is 149 Å². The van der Waals surface area contributed by atoms with Crippen LogP contribution in [0, 0.1) is 0 Å². The molecule has 1 aliphatic carbocycles. The second-order valence-corrected chi connectivity index (χ2v) is 7.03. The molecule has 5 nitrogen and oxygen atoms in total. The smallest absolute Gasteiger partial charge is 0.323 e. The van der Waals surface area contributed by atoms with Crippen molar-refractivity contribution < 1.29 is 4.79 Å². The van der Waals surface area contributed by atoms with Crippen LogP contribution in [0.15, 0.2) is 47.3 Å². The topological polar surface area (TPSA) is 77.8 Å². The summed E-state index contributed by atoms with van der Waals surface area (Å²) in [6.07, 6.45) is 3.65. The van der Waals surface area contributed by atoms with Crippen molar-refractivity contribution in [2.45, 2.75) is 31.1 Å². The van der Waals surface area contributed by atoms with Gasteiger partial charge in [0.25, 0.3) is 0 Å². The Morgan fingerprint density at radius 3 is 2.56 bits per heavy atom. The summed E-state index contributed by atoms with van der Waals surface area (Å²) in [5.41, 5.74) is 2.21. The van der Waals surface area contributed by atoms with Crippen LogP contribution in [0.5, 0.6) is 0 Å². The fourth-order valence-electron chi connectivity index (χ4n) is 3.77. The van der Waals surface area contributed by atoms with E-state index in [9.17, 15) is 9.59 Å². The van der Waals surface area contributed by atoms with Crippen LogP contribution in [0.3, 0.4) is 0 Å². The summed E-state index contributed by atoms with van der Waals surface area (Å²) in [5.74, 6) is -0.0236. The lowest BCUT2D eigenvalue weighted by Gasteiger charge is -2.28. The van der Waals surface area contributed by atoms with Gasteiger partial charge in [0.05, 0.1) is 16.4 Å². The minimum atomic E-state index is -0.550. The standard InChI is InChI=1S/C19H18ClN3O2/c20-13-5-3-4-12(10-13)19(8-1-2-9-19)17(24)21-14-6-7-15-16(11-14)23-18(25)22-15/h3-7,10-11H,1-2,8-9H2,(H,21,24)(H2,22,23,25).